The molecule has 0 aliphatic carbocycles. The van der Waals surface area contributed by atoms with Crippen LogP contribution in [0.2, 0.25) is 0 Å². The van der Waals surface area contributed by atoms with Gasteiger partial charge in [-0.25, -0.2) is 23.1 Å². The first kappa shape index (κ1) is 20.9. The number of sulfonamides is 1. The van der Waals surface area contributed by atoms with E-state index in [9.17, 15) is 13.3 Å². The van der Waals surface area contributed by atoms with E-state index in [0.29, 0.717) is 10.7 Å². The van der Waals surface area contributed by atoms with Crippen molar-refractivity contribution in [3.8, 4) is 11.3 Å². The van der Waals surface area contributed by atoms with Crippen LogP contribution < -0.4 is 4.72 Å². The van der Waals surface area contributed by atoms with Crippen LogP contribution in [0.25, 0.3) is 11.3 Å². The van der Waals surface area contributed by atoms with Crippen LogP contribution in [0.5, 0.6) is 0 Å². The SMILES string of the molecule is CSc1cc(-c2ccccc2C(C)C)nc(NS(=O)(=O)c2cccc(N=O)c2)n1. The Morgan fingerprint density at radius 3 is 2.48 bits per heavy atom. The van der Waals surface area contributed by atoms with Crippen LogP contribution in [0.3, 0.4) is 0 Å². The zero-order chi connectivity index (χ0) is 21.0. The maximum Gasteiger partial charge on any atom is 0.264 e. The van der Waals surface area contributed by atoms with E-state index < -0.39 is 10.0 Å². The second kappa shape index (κ2) is 8.71. The molecule has 7 nitrogen and oxygen atoms in total. The largest absolute Gasteiger partial charge is 0.264 e. The molecule has 3 aromatic rings. The molecule has 0 saturated heterocycles. The van der Waals surface area contributed by atoms with E-state index in [4.69, 9.17) is 0 Å². The number of hydrogen-bond donors (Lipinski definition) is 1. The highest BCUT2D eigenvalue weighted by Gasteiger charge is 2.19. The maximum absolute atomic E-state index is 12.8. The summed E-state index contributed by atoms with van der Waals surface area (Å²) in [6.07, 6.45) is 1.86. The smallest absolute Gasteiger partial charge is 0.247 e. The monoisotopic (exact) mass is 428 g/mol. The van der Waals surface area contributed by atoms with Crippen LogP contribution in [-0.2, 0) is 10.0 Å². The van der Waals surface area contributed by atoms with Crippen molar-refractivity contribution in [3.05, 3.63) is 65.1 Å². The molecule has 150 valence electrons. The van der Waals surface area contributed by atoms with Crippen LogP contribution in [-0.4, -0.2) is 24.6 Å². The Bertz CT molecular complexity index is 1150. The van der Waals surface area contributed by atoms with E-state index in [0.717, 1.165) is 11.1 Å². The number of anilines is 1. The number of nitrogens with zero attached hydrogens (tertiary/aromatic N) is 3. The molecule has 3 rings (SSSR count). The molecule has 0 saturated carbocycles. The minimum Gasteiger partial charge on any atom is -0.247 e. The standard InChI is InChI=1S/C20H20N4O3S2/c1-13(2)16-9-4-5-10-17(16)18-12-19(28-3)22-20(21-18)24-29(26,27)15-8-6-7-14(11-15)23-25/h4-13H,1-3H3,(H,21,22,24). The van der Waals surface area contributed by atoms with Gasteiger partial charge in [0, 0.05) is 5.56 Å². The van der Waals surface area contributed by atoms with Gasteiger partial charge in [0.1, 0.15) is 10.7 Å². The highest BCUT2D eigenvalue weighted by atomic mass is 32.2. The van der Waals surface area contributed by atoms with E-state index in [1.54, 1.807) is 0 Å². The second-order valence-electron chi connectivity index (χ2n) is 6.56. The quantitative estimate of drug-likeness (QED) is 0.316. The van der Waals surface area contributed by atoms with Gasteiger partial charge in [0.15, 0.2) is 0 Å². The first-order valence-electron chi connectivity index (χ1n) is 8.82. The molecule has 29 heavy (non-hydrogen) atoms. The normalized spacial score (nSPS) is 11.4. The van der Waals surface area contributed by atoms with Gasteiger partial charge in [0.05, 0.1) is 10.6 Å². The summed E-state index contributed by atoms with van der Waals surface area (Å²) in [6.45, 7) is 4.18. The third-order valence-electron chi connectivity index (χ3n) is 4.23. The zero-order valence-corrected chi connectivity index (χ0v) is 17.8. The van der Waals surface area contributed by atoms with Gasteiger partial charge >= 0.3 is 0 Å². The lowest BCUT2D eigenvalue weighted by Crippen LogP contribution is -2.15. The lowest BCUT2D eigenvalue weighted by atomic mass is 9.95. The summed E-state index contributed by atoms with van der Waals surface area (Å²) < 4.78 is 27.9. The Morgan fingerprint density at radius 2 is 1.79 bits per heavy atom. The Morgan fingerprint density at radius 1 is 1.03 bits per heavy atom. The zero-order valence-electron chi connectivity index (χ0n) is 16.2. The van der Waals surface area contributed by atoms with Crippen LogP contribution >= 0.6 is 11.8 Å². The van der Waals surface area contributed by atoms with Crippen molar-refractivity contribution in [1.82, 2.24) is 9.97 Å². The van der Waals surface area contributed by atoms with E-state index >= 15 is 0 Å². The molecule has 0 amide bonds. The molecule has 1 N–H and O–H groups in total. The van der Waals surface area contributed by atoms with Crippen molar-refractivity contribution in [2.75, 3.05) is 11.0 Å². The summed E-state index contributed by atoms with van der Waals surface area (Å²) in [4.78, 5) is 19.4. The van der Waals surface area contributed by atoms with Gasteiger partial charge in [-0.15, -0.1) is 16.7 Å². The Labute approximate surface area is 174 Å². The van der Waals surface area contributed by atoms with Crippen molar-refractivity contribution in [2.45, 2.75) is 29.7 Å². The summed E-state index contributed by atoms with van der Waals surface area (Å²) in [5.41, 5.74) is 2.69. The molecule has 0 aliphatic heterocycles. The number of thioether (sulfide) groups is 1. The second-order valence-corrected chi connectivity index (χ2v) is 9.06. The number of benzene rings is 2. The summed E-state index contributed by atoms with van der Waals surface area (Å²) in [7, 11) is -3.98. The summed E-state index contributed by atoms with van der Waals surface area (Å²) in [6, 6.07) is 15.2. The van der Waals surface area contributed by atoms with Gasteiger partial charge in [0.25, 0.3) is 10.0 Å². The summed E-state index contributed by atoms with van der Waals surface area (Å²) in [5, 5.41) is 3.42. The van der Waals surface area contributed by atoms with Crippen molar-refractivity contribution in [2.24, 2.45) is 5.18 Å². The highest BCUT2D eigenvalue weighted by Crippen LogP contribution is 2.30. The molecule has 0 atom stereocenters. The molecule has 2 aromatic carbocycles. The van der Waals surface area contributed by atoms with Crippen molar-refractivity contribution in [3.63, 3.8) is 0 Å². The molecule has 0 radical (unpaired) electrons. The van der Waals surface area contributed by atoms with Crippen LogP contribution in [0.15, 0.2) is 69.7 Å². The van der Waals surface area contributed by atoms with Gasteiger partial charge in [-0.1, -0.05) is 44.2 Å². The van der Waals surface area contributed by atoms with E-state index in [1.807, 2.05) is 36.6 Å². The van der Waals surface area contributed by atoms with Gasteiger partial charge in [-0.05, 0) is 47.2 Å². The Kier molecular flexibility index (Phi) is 6.29. The van der Waals surface area contributed by atoms with E-state index in [-0.39, 0.29) is 22.4 Å². The Hall–Kier alpha value is -2.78. The summed E-state index contributed by atoms with van der Waals surface area (Å²) in [5.74, 6) is 0.243. The third-order valence-corrected chi connectivity index (χ3v) is 6.18. The van der Waals surface area contributed by atoms with E-state index in [1.165, 1.54) is 36.0 Å². The first-order valence-corrected chi connectivity index (χ1v) is 11.5. The van der Waals surface area contributed by atoms with Gasteiger partial charge in [-0.2, -0.15) is 0 Å². The van der Waals surface area contributed by atoms with Crippen molar-refractivity contribution in [1.29, 1.82) is 0 Å². The minimum atomic E-state index is -3.98. The molecule has 0 aliphatic rings. The molecule has 1 aromatic heterocycles. The fourth-order valence-corrected chi connectivity index (χ4v) is 4.22. The average Bonchev–Trinajstić information content (AvgIpc) is 2.73. The fourth-order valence-electron chi connectivity index (χ4n) is 2.83. The third kappa shape index (κ3) is 4.80. The molecule has 1 heterocycles. The predicted octanol–water partition coefficient (Wildman–Crippen LogP) is 5.19. The molecule has 0 unspecified atom stereocenters. The lowest BCUT2D eigenvalue weighted by Gasteiger charge is -2.14. The number of nitrogens with one attached hydrogen (secondary N) is 1. The Balaban J connectivity index is 2.05. The molecule has 0 spiro atoms. The van der Waals surface area contributed by atoms with Gasteiger partial charge in [0.2, 0.25) is 5.95 Å². The highest BCUT2D eigenvalue weighted by molar-refractivity contribution is 7.98. The summed E-state index contributed by atoms with van der Waals surface area (Å²) >= 11 is 1.39. The van der Waals surface area contributed by atoms with Crippen LogP contribution in [0.4, 0.5) is 11.6 Å². The fraction of sp³-hybridized carbons (Fsp3) is 0.200. The number of hydrogen-bond acceptors (Lipinski definition) is 7. The van der Waals surface area contributed by atoms with Crippen molar-refractivity contribution >= 4 is 33.4 Å². The first-order chi connectivity index (χ1) is 13.8. The van der Waals surface area contributed by atoms with Crippen molar-refractivity contribution < 1.29 is 8.42 Å². The lowest BCUT2D eigenvalue weighted by molar-refractivity contribution is 0.600. The molecule has 0 fully saturated rings. The number of aromatic nitrogens is 2. The number of nitroso groups, excluding NO2 is 1. The number of rotatable bonds is 7. The molecular formula is C20H20N4O3S2. The van der Waals surface area contributed by atoms with E-state index in [2.05, 4.69) is 33.7 Å². The van der Waals surface area contributed by atoms with Gasteiger partial charge in [-0.3, -0.25) is 0 Å². The predicted molar refractivity (Wildman–Crippen MR) is 116 cm³/mol. The topological polar surface area (TPSA) is 101 Å². The molecule has 0 bridgehead atoms. The molecular weight excluding hydrogens is 408 g/mol. The minimum absolute atomic E-state index is 0.0261. The molecule has 9 heteroatoms. The van der Waals surface area contributed by atoms with Gasteiger partial charge < -0.3 is 0 Å². The van der Waals surface area contributed by atoms with Crippen LogP contribution in [0.1, 0.15) is 25.3 Å². The average molecular weight is 429 g/mol. The van der Waals surface area contributed by atoms with Crippen LogP contribution in [0, 0.1) is 4.91 Å². The maximum atomic E-state index is 12.8.